The van der Waals surface area contributed by atoms with Crippen molar-refractivity contribution in [3.63, 3.8) is 0 Å². The number of carbonyl (C=O) groups excluding carboxylic acids is 1. The highest BCUT2D eigenvalue weighted by atomic mass is 16.3. The van der Waals surface area contributed by atoms with Crippen LogP contribution in [0.1, 0.15) is 40.0 Å². The van der Waals surface area contributed by atoms with Crippen LogP contribution in [-0.2, 0) is 0 Å². The number of benzene rings is 2. The summed E-state index contributed by atoms with van der Waals surface area (Å²) in [4.78, 5) is 12.2. The van der Waals surface area contributed by atoms with Crippen molar-refractivity contribution < 1.29 is 9.90 Å². The summed E-state index contributed by atoms with van der Waals surface area (Å²) in [7, 11) is 0. The lowest BCUT2D eigenvalue weighted by atomic mass is 9.99. The van der Waals surface area contributed by atoms with Gasteiger partial charge in [-0.25, -0.2) is 0 Å². The van der Waals surface area contributed by atoms with Crippen molar-refractivity contribution in [1.29, 1.82) is 0 Å². The van der Waals surface area contributed by atoms with E-state index >= 15 is 0 Å². The van der Waals surface area contributed by atoms with Crippen LogP contribution in [0, 0.1) is 13.8 Å². The van der Waals surface area contributed by atoms with Crippen molar-refractivity contribution in [2.24, 2.45) is 0 Å². The molecule has 3 nitrogen and oxygen atoms in total. The molecule has 0 heterocycles. The molecule has 2 rings (SSSR count). The van der Waals surface area contributed by atoms with E-state index in [-0.39, 0.29) is 17.7 Å². The molecule has 0 aromatic heterocycles. The van der Waals surface area contributed by atoms with E-state index in [1.807, 2.05) is 26.8 Å². The Morgan fingerprint density at radius 2 is 1.85 bits per heavy atom. The monoisotopic (exact) mass is 269 g/mol. The molecular weight excluding hydrogens is 250 g/mol. The van der Waals surface area contributed by atoms with Crippen LogP contribution < -0.4 is 5.32 Å². The molecule has 0 saturated heterocycles. The third-order valence-corrected chi connectivity index (χ3v) is 3.40. The lowest BCUT2D eigenvalue weighted by Gasteiger charge is -2.17. The largest absolute Gasteiger partial charge is 0.507 e. The smallest absolute Gasteiger partial charge is 0.255 e. The first-order chi connectivity index (χ1) is 9.49. The van der Waals surface area contributed by atoms with E-state index in [2.05, 4.69) is 17.4 Å². The molecule has 0 saturated carbocycles. The topological polar surface area (TPSA) is 49.3 Å². The third kappa shape index (κ3) is 2.99. The average Bonchev–Trinajstić information content (AvgIpc) is 2.41. The van der Waals surface area contributed by atoms with Crippen LogP contribution in [0.2, 0.25) is 0 Å². The average molecular weight is 269 g/mol. The van der Waals surface area contributed by atoms with Gasteiger partial charge in [0.15, 0.2) is 0 Å². The molecule has 0 aliphatic heterocycles. The zero-order valence-electron chi connectivity index (χ0n) is 12.0. The highest BCUT2D eigenvalue weighted by molar-refractivity contribution is 5.97. The van der Waals surface area contributed by atoms with E-state index in [9.17, 15) is 9.90 Å². The number of amides is 1. The number of hydrogen-bond donors (Lipinski definition) is 2. The fraction of sp³-hybridized carbons (Fsp3) is 0.235. The fourth-order valence-electron chi connectivity index (χ4n) is 2.24. The lowest BCUT2D eigenvalue weighted by molar-refractivity contribution is 0.0937. The minimum absolute atomic E-state index is 0.00170. The first-order valence-corrected chi connectivity index (χ1v) is 6.65. The van der Waals surface area contributed by atoms with Crippen molar-refractivity contribution in [3.8, 4) is 5.75 Å². The van der Waals surface area contributed by atoms with Crippen LogP contribution in [0.5, 0.6) is 5.75 Å². The van der Waals surface area contributed by atoms with Crippen LogP contribution in [0.15, 0.2) is 42.5 Å². The van der Waals surface area contributed by atoms with Crippen LogP contribution in [0.4, 0.5) is 0 Å². The molecule has 0 bridgehead atoms. The maximum Gasteiger partial charge on any atom is 0.255 e. The summed E-state index contributed by atoms with van der Waals surface area (Å²) in [5, 5.41) is 12.6. The van der Waals surface area contributed by atoms with Crippen molar-refractivity contribution in [1.82, 2.24) is 5.32 Å². The molecule has 2 aromatic rings. The summed E-state index contributed by atoms with van der Waals surface area (Å²) < 4.78 is 0. The van der Waals surface area contributed by atoms with Crippen molar-refractivity contribution in [2.45, 2.75) is 26.8 Å². The van der Waals surface area contributed by atoms with E-state index in [4.69, 9.17) is 0 Å². The molecule has 20 heavy (non-hydrogen) atoms. The van der Waals surface area contributed by atoms with E-state index in [1.165, 1.54) is 6.07 Å². The standard InChI is InChI=1S/C17H19NO2/c1-11-8-9-12(2)15(10-11)13(3)18-17(20)14-6-4-5-7-16(14)19/h4-10,13,19H,1-3H3,(H,18,20). The zero-order valence-corrected chi connectivity index (χ0v) is 12.0. The second kappa shape index (κ2) is 5.78. The number of nitrogens with one attached hydrogen (secondary N) is 1. The number of aromatic hydroxyl groups is 1. The highest BCUT2D eigenvalue weighted by Crippen LogP contribution is 2.21. The fourth-order valence-corrected chi connectivity index (χ4v) is 2.24. The third-order valence-electron chi connectivity index (χ3n) is 3.40. The van der Waals surface area contributed by atoms with Gasteiger partial charge in [-0.2, -0.15) is 0 Å². The summed E-state index contributed by atoms with van der Waals surface area (Å²) in [6.07, 6.45) is 0. The Kier molecular flexibility index (Phi) is 4.08. The quantitative estimate of drug-likeness (QED) is 0.896. The van der Waals surface area contributed by atoms with Gasteiger partial charge in [0.25, 0.3) is 5.91 Å². The van der Waals surface area contributed by atoms with Crippen molar-refractivity contribution in [3.05, 3.63) is 64.7 Å². The molecule has 0 aliphatic rings. The maximum absolute atomic E-state index is 12.2. The first-order valence-electron chi connectivity index (χ1n) is 6.65. The summed E-state index contributed by atoms with van der Waals surface area (Å²) in [6.45, 7) is 6.00. The summed E-state index contributed by atoms with van der Waals surface area (Å²) in [5.74, 6) is -0.269. The predicted octanol–water partition coefficient (Wildman–Crippen LogP) is 3.50. The Bertz CT molecular complexity index is 635. The van der Waals surface area contributed by atoms with Crippen LogP contribution >= 0.6 is 0 Å². The number of rotatable bonds is 3. The summed E-state index contributed by atoms with van der Waals surface area (Å²) in [5.41, 5.74) is 3.69. The Morgan fingerprint density at radius 1 is 1.15 bits per heavy atom. The van der Waals surface area contributed by atoms with Crippen molar-refractivity contribution >= 4 is 5.91 Å². The maximum atomic E-state index is 12.2. The van der Waals surface area contributed by atoms with Gasteiger partial charge in [0.1, 0.15) is 5.75 Å². The summed E-state index contributed by atoms with van der Waals surface area (Å²) >= 11 is 0. The van der Waals surface area contributed by atoms with E-state index in [0.717, 1.165) is 16.7 Å². The second-order valence-electron chi connectivity index (χ2n) is 5.07. The van der Waals surface area contributed by atoms with E-state index in [1.54, 1.807) is 18.2 Å². The van der Waals surface area contributed by atoms with E-state index < -0.39 is 0 Å². The molecule has 0 radical (unpaired) electrons. The van der Waals surface area contributed by atoms with Gasteiger partial charge in [-0.3, -0.25) is 4.79 Å². The highest BCUT2D eigenvalue weighted by Gasteiger charge is 2.15. The number of hydrogen-bond acceptors (Lipinski definition) is 2. The van der Waals surface area contributed by atoms with Gasteiger partial charge in [0.05, 0.1) is 11.6 Å². The summed E-state index contributed by atoms with van der Waals surface area (Å²) in [6, 6.07) is 12.6. The van der Waals surface area contributed by atoms with Gasteiger partial charge in [0, 0.05) is 0 Å². The van der Waals surface area contributed by atoms with Gasteiger partial charge < -0.3 is 10.4 Å². The molecule has 2 aromatic carbocycles. The van der Waals surface area contributed by atoms with Crippen LogP contribution in [0.3, 0.4) is 0 Å². The molecule has 0 aliphatic carbocycles. The molecule has 0 spiro atoms. The minimum Gasteiger partial charge on any atom is -0.507 e. The van der Waals surface area contributed by atoms with Crippen LogP contribution in [0.25, 0.3) is 0 Å². The number of para-hydroxylation sites is 1. The Hall–Kier alpha value is -2.29. The molecule has 2 N–H and O–H groups in total. The Balaban J connectivity index is 2.19. The molecule has 104 valence electrons. The molecule has 1 unspecified atom stereocenters. The van der Waals surface area contributed by atoms with Gasteiger partial charge in [-0.1, -0.05) is 35.9 Å². The van der Waals surface area contributed by atoms with Gasteiger partial charge in [0.2, 0.25) is 0 Å². The molecular formula is C17H19NO2. The van der Waals surface area contributed by atoms with Crippen molar-refractivity contribution in [2.75, 3.05) is 0 Å². The minimum atomic E-state index is -0.267. The second-order valence-corrected chi connectivity index (χ2v) is 5.07. The number of phenols is 1. The van der Waals surface area contributed by atoms with Gasteiger partial charge in [-0.15, -0.1) is 0 Å². The van der Waals surface area contributed by atoms with Gasteiger partial charge >= 0.3 is 0 Å². The molecule has 0 fully saturated rings. The van der Waals surface area contributed by atoms with Crippen LogP contribution in [-0.4, -0.2) is 11.0 Å². The Morgan fingerprint density at radius 3 is 2.55 bits per heavy atom. The number of carbonyl (C=O) groups is 1. The molecule has 3 heteroatoms. The molecule has 1 atom stereocenters. The Labute approximate surface area is 119 Å². The zero-order chi connectivity index (χ0) is 14.7. The molecule has 1 amide bonds. The lowest BCUT2D eigenvalue weighted by Crippen LogP contribution is -2.27. The van der Waals surface area contributed by atoms with Gasteiger partial charge in [-0.05, 0) is 44.0 Å². The van der Waals surface area contributed by atoms with E-state index in [0.29, 0.717) is 5.56 Å². The number of phenolic OH excluding ortho intramolecular Hbond substituents is 1. The first kappa shape index (κ1) is 14.1. The normalized spacial score (nSPS) is 11.9. The SMILES string of the molecule is Cc1ccc(C)c(C(C)NC(=O)c2ccccc2O)c1. The number of aryl methyl sites for hydroxylation is 2. The predicted molar refractivity (Wildman–Crippen MR) is 79.9 cm³/mol.